The van der Waals surface area contributed by atoms with Crippen molar-refractivity contribution in [1.82, 2.24) is 4.90 Å². The normalized spacial score (nSPS) is 11.3. The third-order valence-electron chi connectivity index (χ3n) is 2.87. The van der Waals surface area contributed by atoms with E-state index in [2.05, 4.69) is 0 Å². The van der Waals surface area contributed by atoms with Gasteiger partial charge in [-0.05, 0) is 39.3 Å². The fourth-order valence-corrected chi connectivity index (χ4v) is 2.10. The van der Waals surface area contributed by atoms with Gasteiger partial charge in [-0.1, -0.05) is 12.1 Å². The minimum Gasteiger partial charge on any atom is -0.334 e. The summed E-state index contributed by atoms with van der Waals surface area (Å²) in [5.41, 5.74) is 0.657. The number of nitro benzene ring substituents is 1. The molecule has 0 aliphatic heterocycles. The molecule has 5 heteroatoms. The van der Waals surface area contributed by atoms with Crippen molar-refractivity contribution in [2.75, 3.05) is 0 Å². The molecule has 20 heavy (non-hydrogen) atoms. The van der Waals surface area contributed by atoms with Crippen molar-refractivity contribution in [3.8, 4) is 0 Å². The van der Waals surface area contributed by atoms with Crippen LogP contribution >= 0.6 is 0 Å². The van der Waals surface area contributed by atoms with Crippen LogP contribution in [0.25, 0.3) is 6.08 Å². The number of carbonyl (C=O) groups excluding carboxylic acids is 1. The zero-order valence-electron chi connectivity index (χ0n) is 12.2. The van der Waals surface area contributed by atoms with Crippen LogP contribution in [0.5, 0.6) is 0 Å². The molecule has 1 aromatic rings. The fraction of sp³-hybridized carbons (Fsp3) is 0.400. The summed E-state index contributed by atoms with van der Waals surface area (Å²) < 4.78 is 0. The summed E-state index contributed by atoms with van der Waals surface area (Å²) >= 11 is 0. The van der Waals surface area contributed by atoms with E-state index >= 15 is 0 Å². The summed E-state index contributed by atoms with van der Waals surface area (Å²) in [6.45, 7) is 7.83. The first kappa shape index (κ1) is 15.9. The van der Waals surface area contributed by atoms with Gasteiger partial charge in [0.1, 0.15) is 0 Å². The Morgan fingerprint density at radius 3 is 2.35 bits per heavy atom. The summed E-state index contributed by atoms with van der Waals surface area (Å²) in [7, 11) is 0. The van der Waals surface area contributed by atoms with E-state index in [1.54, 1.807) is 23.1 Å². The van der Waals surface area contributed by atoms with Crippen LogP contribution < -0.4 is 0 Å². The average molecular weight is 276 g/mol. The number of benzene rings is 1. The van der Waals surface area contributed by atoms with Gasteiger partial charge in [0.05, 0.1) is 4.92 Å². The van der Waals surface area contributed by atoms with Crippen LogP contribution in [0.2, 0.25) is 0 Å². The van der Waals surface area contributed by atoms with Crippen LogP contribution in [-0.2, 0) is 4.79 Å². The topological polar surface area (TPSA) is 63.5 Å². The standard InChI is InChI=1S/C15H20N2O3/c1-11(2)16(12(3)4)15(18)9-8-13-6-5-7-14(10-13)17(19)20/h5-12H,1-4H3/b9-8+. The van der Waals surface area contributed by atoms with Crippen LogP contribution in [0.1, 0.15) is 33.3 Å². The van der Waals surface area contributed by atoms with E-state index in [9.17, 15) is 14.9 Å². The molecule has 0 N–H and O–H groups in total. The lowest BCUT2D eigenvalue weighted by Crippen LogP contribution is -2.41. The van der Waals surface area contributed by atoms with E-state index in [4.69, 9.17) is 0 Å². The molecule has 0 atom stereocenters. The Balaban J connectivity index is 2.89. The number of non-ortho nitro benzene ring substituents is 1. The van der Waals surface area contributed by atoms with Crippen LogP contribution in [0, 0.1) is 10.1 Å². The van der Waals surface area contributed by atoms with Crippen molar-refractivity contribution in [2.45, 2.75) is 39.8 Å². The molecule has 0 radical (unpaired) electrons. The minimum atomic E-state index is -0.451. The molecule has 0 fully saturated rings. The van der Waals surface area contributed by atoms with E-state index in [0.717, 1.165) is 0 Å². The first-order valence-electron chi connectivity index (χ1n) is 6.57. The van der Waals surface area contributed by atoms with Gasteiger partial charge in [0.25, 0.3) is 5.69 Å². The molecule has 1 amide bonds. The van der Waals surface area contributed by atoms with Crippen LogP contribution in [0.15, 0.2) is 30.3 Å². The SMILES string of the molecule is CC(C)N(C(=O)/C=C/c1cccc([N+](=O)[O-])c1)C(C)C. The molecule has 0 aliphatic carbocycles. The Kier molecular flexibility index (Phi) is 5.43. The maximum absolute atomic E-state index is 12.1. The minimum absolute atomic E-state index is 0.0178. The third-order valence-corrected chi connectivity index (χ3v) is 2.87. The molecule has 5 nitrogen and oxygen atoms in total. The largest absolute Gasteiger partial charge is 0.334 e. The molecule has 1 rings (SSSR count). The van der Waals surface area contributed by atoms with Gasteiger partial charge in [0, 0.05) is 30.3 Å². The average Bonchev–Trinajstić information content (AvgIpc) is 2.35. The maximum Gasteiger partial charge on any atom is 0.270 e. The van der Waals surface area contributed by atoms with Gasteiger partial charge >= 0.3 is 0 Å². The lowest BCUT2D eigenvalue weighted by Gasteiger charge is -2.29. The molecule has 0 bridgehead atoms. The Morgan fingerprint density at radius 2 is 1.85 bits per heavy atom. The van der Waals surface area contributed by atoms with Crippen molar-refractivity contribution >= 4 is 17.7 Å². The second-order valence-electron chi connectivity index (χ2n) is 5.12. The van der Waals surface area contributed by atoms with E-state index in [1.165, 1.54) is 18.2 Å². The smallest absolute Gasteiger partial charge is 0.270 e. The highest BCUT2D eigenvalue weighted by atomic mass is 16.6. The highest BCUT2D eigenvalue weighted by molar-refractivity contribution is 5.92. The Bertz CT molecular complexity index is 514. The predicted octanol–water partition coefficient (Wildman–Crippen LogP) is 3.25. The van der Waals surface area contributed by atoms with Gasteiger partial charge in [-0.2, -0.15) is 0 Å². The monoisotopic (exact) mass is 276 g/mol. The zero-order valence-corrected chi connectivity index (χ0v) is 12.2. The molecular formula is C15H20N2O3. The molecule has 0 unspecified atom stereocenters. The highest BCUT2D eigenvalue weighted by Gasteiger charge is 2.17. The number of amides is 1. The van der Waals surface area contributed by atoms with Crippen molar-refractivity contribution in [1.29, 1.82) is 0 Å². The molecular weight excluding hydrogens is 256 g/mol. The first-order chi connectivity index (χ1) is 9.32. The highest BCUT2D eigenvalue weighted by Crippen LogP contribution is 2.15. The van der Waals surface area contributed by atoms with Gasteiger partial charge < -0.3 is 4.90 Å². The predicted molar refractivity (Wildman–Crippen MR) is 79.2 cm³/mol. The van der Waals surface area contributed by atoms with Crippen LogP contribution in [0.3, 0.4) is 0 Å². The van der Waals surface area contributed by atoms with E-state index in [1.807, 2.05) is 27.7 Å². The number of nitro groups is 1. The molecule has 0 heterocycles. The van der Waals surface area contributed by atoms with Gasteiger partial charge in [0.15, 0.2) is 0 Å². The van der Waals surface area contributed by atoms with E-state index in [0.29, 0.717) is 5.56 Å². The lowest BCUT2D eigenvalue weighted by atomic mass is 10.1. The Morgan fingerprint density at radius 1 is 1.25 bits per heavy atom. The fourth-order valence-electron chi connectivity index (χ4n) is 2.10. The second kappa shape index (κ2) is 6.84. The molecule has 0 aliphatic rings. The summed E-state index contributed by atoms with van der Waals surface area (Å²) in [4.78, 5) is 24.1. The van der Waals surface area contributed by atoms with E-state index in [-0.39, 0.29) is 23.7 Å². The molecule has 0 aromatic heterocycles. The molecule has 1 aromatic carbocycles. The van der Waals surface area contributed by atoms with Crippen molar-refractivity contribution in [2.24, 2.45) is 0 Å². The number of carbonyl (C=O) groups is 1. The third kappa shape index (κ3) is 4.19. The van der Waals surface area contributed by atoms with Gasteiger partial charge in [-0.3, -0.25) is 14.9 Å². The summed E-state index contributed by atoms with van der Waals surface area (Å²) in [6, 6.07) is 6.41. The van der Waals surface area contributed by atoms with Gasteiger partial charge in [-0.15, -0.1) is 0 Å². The Labute approximate surface area is 119 Å². The summed E-state index contributed by atoms with van der Waals surface area (Å²) in [5.74, 6) is -0.0958. The van der Waals surface area contributed by atoms with Gasteiger partial charge in [0.2, 0.25) is 5.91 Å². The maximum atomic E-state index is 12.1. The summed E-state index contributed by atoms with van der Waals surface area (Å²) in [5, 5.41) is 10.7. The Hall–Kier alpha value is -2.17. The second-order valence-corrected chi connectivity index (χ2v) is 5.12. The summed E-state index contributed by atoms with van der Waals surface area (Å²) in [6.07, 6.45) is 3.06. The van der Waals surface area contributed by atoms with Crippen LogP contribution in [0.4, 0.5) is 5.69 Å². The first-order valence-corrected chi connectivity index (χ1v) is 6.57. The quantitative estimate of drug-likeness (QED) is 0.471. The van der Waals surface area contributed by atoms with E-state index < -0.39 is 4.92 Å². The molecule has 0 saturated heterocycles. The number of hydrogen-bond donors (Lipinski definition) is 0. The van der Waals surface area contributed by atoms with Crippen molar-refractivity contribution in [3.05, 3.63) is 46.0 Å². The molecule has 0 saturated carbocycles. The number of rotatable bonds is 5. The van der Waals surface area contributed by atoms with Gasteiger partial charge in [-0.25, -0.2) is 0 Å². The zero-order chi connectivity index (χ0) is 15.3. The van der Waals surface area contributed by atoms with Crippen molar-refractivity contribution < 1.29 is 9.72 Å². The molecule has 108 valence electrons. The number of hydrogen-bond acceptors (Lipinski definition) is 3. The van der Waals surface area contributed by atoms with Crippen molar-refractivity contribution in [3.63, 3.8) is 0 Å². The molecule has 0 spiro atoms. The van der Waals surface area contributed by atoms with Crippen LogP contribution in [-0.4, -0.2) is 27.8 Å². The number of nitrogens with zero attached hydrogens (tertiary/aromatic N) is 2. The lowest BCUT2D eigenvalue weighted by molar-refractivity contribution is -0.384.